The number of piperidine rings is 1. The lowest BCUT2D eigenvalue weighted by atomic mass is 9.92. The SMILES string of the molecule is COC(=O)CN(C(=O)C(C)(C)C)C1CC2CC1N(C(=O)O)C2. The Morgan fingerprint density at radius 2 is 1.91 bits per heavy atom. The highest BCUT2D eigenvalue weighted by Crippen LogP contribution is 2.41. The number of carbonyl (C=O) groups excluding carboxylic acids is 2. The molecule has 7 nitrogen and oxygen atoms in total. The van der Waals surface area contributed by atoms with Crippen LogP contribution >= 0.6 is 0 Å². The zero-order chi connectivity index (χ0) is 16.7. The molecule has 22 heavy (non-hydrogen) atoms. The van der Waals surface area contributed by atoms with Gasteiger partial charge in [-0.15, -0.1) is 0 Å². The maximum atomic E-state index is 12.7. The maximum Gasteiger partial charge on any atom is 0.407 e. The fraction of sp³-hybridized carbons (Fsp3) is 0.800. The monoisotopic (exact) mass is 312 g/mol. The minimum absolute atomic E-state index is 0.131. The van der Waals surface area contributed by atoms with Gasteiger partial charge in [0.25, 0.3) is 0 Å². The third-order valence-electron chi connectivity index (χ3n) is 4.52. The van der Waals surface area contributed by atoms with E-state index in [2.05, 4.69) is 0 Å². The summed E-state index contributed by atoms with van der Waals surface area (Å²) < 4.78 is 4.69. The third-order valence-corrected chi connectivity index (χ3v) is 4.52. The van der Waals surface area contributed by atoms with Gasteiger partial charge in [-0.25, -0.2) is 4.79 Å². The van der Waals surface area contributed by atoms with Crippen molar-refractivity contribution in [2.75, 3.05) is 20.2 Å². The van der Waals surface area contributed by atoms with Gasteiger partial charge >= 0.3 is 12.1 Å². The minimum Gasteiger partial charge on any atom is -0.468 e. The fourth-order valence-electron chi connectivity index (χ4n) is 3.52. The summed E-state index contributed by atoms with van der Waals surface area (Å²) in [5.41, 5.74) is -0.635. The summed E-state index contributed by atoms with van der Waals surface area (Å²) in [6.07, 6.45) is 0.540. The van der Waals surface area contributed by atoms with Crippen LogP contribution in [0.25, 0.3) is 0 Å². The molecule has 1 saturated carbocycles. The molecule has 2 amide bonds. The van der Waals surface area contributed by atoms with Crippen LogP contribution in [0, 0.1) is 11.3 Å². The molecule has 1 heterocycles. The molecule has 7 heteroatoms. The van der Waals surface area contributed by atoms with Gasteiger partial charge in [0.2, 0.25) is 5.91 Å². The summed E-state index contributed by atoms with van der Waals surface area (Å²) >= 11 is 0. The van der Waals surface area contributed by atoms with Gasteiger partial charge in [-0.05, 0) is 18.8 Å². The second-order valence-corrected chi connectivity index (χ2v) is 7.17. The van der Waals surface area contributed by atoms with Gasteiger partial charge in [0.15, 0.2) is 0 Å². The zero-order valence-electron chi connectivity index (χ0n) is 13.5. The van der Waals surface area contributed by atoms with Crippen molar-refractivity contribution in [3.63, 3.8) is 0 Å². The highest BCUT2D eigenvalue weighted by Gasteiger charge is 2.51. The Balaban J connectivity index is 2.24. The maximum absolute atomic E-state index is 12.7. The summed E-state index contributed by atoms with van der Waals surface area (Å²) in [5, 5.41) is 9.29. The predicted molar refractivity (Wildman–Crippen MR) is 78.2 cm³/mol. The van der Waals surface area contributed by atoms with E-state index in [0.29, 0.717) is 6.54 Å². The molecule has 2 fully saturated rings. The number of esters is 1. The number of fused-ring (bicyclic) bond motifs is 2. The smallest absolute Gasteiger partial charge is 0.407 e. The standard InChI is InChI=1S/C15H24N2O5/c1-15(2,3)13(19)16(8-12(18)22-4)10-5-9-6-11(10)17(7-9)14(20)21/h9-11H,5-8H2,1-4H3,(H,20,21). The van der Waals surface area contributed by atoms with Crippen LogP contribution < -0.4 is 0 Å². The third kappa shape index (κ3) is 3.03. The van der Waals surface area contributed by atoms with E-state index in [9.17, 15) is 19.5 Å². The average Bonchev–Trinajstić information content (AvgIpc) is 3.02. The van der Waals surface area contributed by atoms with Crippen molar-refractivity contribution < 1.29 is 24.2 Å². The molecule has 2 aliphatic rings. The van der Waals surface area contributed by atoms with E-state index in [-0.39, 0.29) is 30.5 Å². The number of rotatable bonds is 3. The van der Waals surface area contributed by atoms with Crippen molar-refractivity contribution in [1.82, 2.24) is 9.80 Å². The van der Waals surface area contributed by atoms with Crippen LogP contribution in [0.1, 0.15) is 33.6 Å². The number of carbonyl (C=O) groups is 3. The Morgan fingerprint density at radius 3 is 2.36 bits per heavy atom. The van der Waals surface area contributed by atoms with Crippen LogP contribution in [-0.4, -0.2) is 65.2 Å². The number of nitrogens with zero attached hydrogens (tertiary/aromatic N) is 2. The Hall–Kier alpha value is -1.79. The number of hydrogen-bond acceptors (Lipinski definition) is 4. The number of methoxy groups -OCH3 is 1. The summed E-state index contributed by atoms with van der Waals surface area (Å²) in [6.45, 7) is 5.77. The first-order chi connectivity index (χ1) is 10.1. The fourth-order valence-corrected chi connectivity index (χ4v) is 3.52. The van der Waals surface area contributed by atoms with Crippen molar-refractivity contribution in [2.45, 2.75) is 45.7 Å². The Kier molecular flexibility index (Phi) is 4.35. The van der Waals surface area contributed by atoms with Crippen molar-refractivity contribution in [1.29, 1.82) is 0 Å². The van der Waals surface area contributed by atoms with E-state index >= 15 is 0 Å². The Morgan fingerprint density at radius 1 is 1.27 bits per heavy atom. The minimum atomic E-state index is -0.960. The van der Waals surface area contributed by atoms with E-state index < -0.39 is 17.5 Å². The van der Waals surface area contributed by atoms with Gasteiger partial charge in [-0.3, -0.25) is 9.59 Å². The molecule has 1 aliphatic heterocycles. The molecule has 0 aromatic heterocycles. The van der Waals surface area contributed by atoms with Crippen molar-refractivity contribution in [2.24, 2.45) is 11.3 Å². The van der Waals surface area contributed by atoms with Crippen molar-refractivity contribution in [3.05, 3.63) is 0 Å². The second-order valence-electron chi connectivity index (χ2n) is 7.17. The molecule has 124 valence electrons. The quantitative estimate of drug-likeness (QED) is 0.791. The molecule has 0 radical (unpaired) electrons. The molecular formula is C15H24N2O5. The van der Waals surface area contributed by atoms with E-state index in [0.717, 1.165) is 12.8 Å². The normalized spacial score (nSPS) is 26.9. The first-order valence-corrected chi connectivity index (χ1v) is 7.52. The lowest BCUT2D eigenvalue weighted by Gasteiger charge is -2.40. The topological polar surface area (TPSA) is 87.2 Å². The van der Waals surface area contributed by atoms with E-state index in [1.165, 1.54) is 16.9 Å². The predicted octanol–water partition coefficient (Wildman–Crippen LogP) is 1.17. The molecule has 0 spiro atoms. The molecule has 3 atom stereocenters. The second kappa shape index (κ2) is 5.78. The van der Waals surface area contributed by atoms with Crippen molar-refractivity contribution in [3.8, 4) is 0 Å². The molecule has 2 rings (SSSR count). The Labute approximate surface area is 130 Å². The summed E-state index contributed by atoms with van der Waals surface area (Å²) in [6, 6.07) is -0.473. The first-order valence-electron chi connectivity index (χ1n) is 7.52. The highest BCUT2D eigenvalue weighted by molar-refractivity contribution is 5.86. The van der Waals surface area contributed by atoms with Gasteiger partial charge in [0, 0.05) is 12.0 Å². The van der Waals surface area contributed by atoms with E-state index in [1.54, 1.807) is 20.8 Å². The van der Waals surface area contributed by atoms with Gasteiger partial charge in [-0.1, -0.05) is 20.8 Å². The zero-order valence-corrected chi connectivity index (χ0v) is 13.5. The number of ether oxygens (including phenoxy) is 1. The molecular weight excluding hydrogens is 288 g/mol. The van der Waals surface area contributed by atoms with Gasteiger partial charge < -0.3 is 19.6 Å². The summed E-state index contributed by atoms with van der Waals surface area (Å²) in [5.74, 6) is -0.373. The molecule has 0 aromatic rings. The molecule has 1 aliphatic carbocycles. The van der Waals surface area contributed by atoms with Crippen LogP contribution in [0.15, 0.2) is 0 Å². The number of carboxylic acid groups (broad SMARTS) is 1. The van der Waals surface area contributed by atoms with Crippen LogP contribution in [0.4, 0.5) is 4.79 Å². The molecule has 1 N–H and O–H groups in total. The number of likely N-dealkylation sites (tertiary alicyclic amines) is 1. The van der Waals surface area contributed by atoms with E-state index in [4.69, 9.17) is 4.74 Å². The van der Waals surface area contributed by atoms with Crippen molar-refractivity contribution >= 4 is 18.0 Å². The number of hydrogen-bond donors (Lipinski definition) is 1. The highest BCUT2D eigenvalue weighted by atomic mass is 16.5. The lowest BCUT2D eigenvalue weighted by molar-refractivity contribution is -0.153. The van der Waals surface area contributed by atoms with E-state index in [1.807, 2.05) is 0 Å². The average molecular weight is 312 g/mol. The van der Waals surface area contributed by atoms with Crippen LogP contribution in [0.5, 0.6) is 0 Å². The van der Waals surface area contributed by atoms with Gasteiger partial charge in [0.1, 0.15) is 6.54 Å². The molecule has 1 saturated heterocycles. The largest absolute Gasteiger partial charge is 0.468 e. The lowest BCUT2D eigenvalue weighted by Crippen LogP contribution is -2.56. The number of amides is 2. The Bertz CT molecular complexity index is 485. The summed E-state index contributed by atoms with van der Waals surface area (Å²) in [7, 11) is 1.28. The molecule has 2 bridgehead atoms. The summed E-state index contributed by atoms with van der Waals surface area (Å²) in [4.78, 5) is 38.7. The van der Waals surface area contributed by atoms with Crippen LogP contribution in [-0.2, 0) is 14.3 Å². The molecule has 0 aromatic carbocycles. The first kappa shape index (κ1) is 16.6. The van der Waals surface area contributed by atoms with Gasteiger partial charge in [-0.2, -0.15) is 0 Å². The van der Waals surface area contributed by atoms with Gasteiger partial charge in [0.05, 0.1) is 19.2 Å². The van der Waals surface area contributed by atoms with Crippen LogP contribution in [0.2, 0.25) is 0 Å². The molecule has 3 unspecified atom stereocenters. The van der Waals surface area contributed by atoms with Crippen LogP contribution in [0.3, 0.4) is 0 Å².